The average molecular weight is 322 g/mol. The highest BCUT2D eigenvalue weighted by atomic mass is 15.4. The third-order valence-corrected chi connectivity index (χ3v) is 4.18. The summed E-state index contributed by atoms with van der Waals surface area (Å²) < 4.78 is 3.79. The first-order valence-electron chi connectivity index (χ1n) is 8.12. The number of aryl methyl sites for hydroxylation is 1. The Kier molecular flexibility index (Phi) is 4.55. The van der Waals surface area contributed by atoms with Gasteiger partial charge in [-0.15, -0.1) is 11.7 Å². The van der Waals surface area contributed by atoms with Crippen LogP contribution in [0.2, 0.25) is 0 Å². The van der Waals surface area contributed by atoms with Crippen molar-refractivity contribution in [3.05, 3.63) is 60.3 Å². The summed E-state index contributed by atoms with van der Waals surface area (Å²) in [6.07, 6.45) is 8.37. The Hall–Kier alpha value is -2.76. The fourth-order valence-electron chi connectivity index (χ4n) is 2.83. The van der Waals surface area contributed by atoms with Crippen molar-refractivity contribution in [2.75, 3.05) is 0 Å². The first-order valence-corrected chi connectivity index (χ1v) is 8.12. The molecule has 0 unspecified atom stereocenters. The molecule has 0 aliphatic heterocycles. The molecule has 0 spiro atoms. The Morgan fingerprint density at radius 2 is 2.17 bits per heavy atom. The van der Waals surface area contributed by atoms with E-state index in [4.69, 9.17) is 0 Å². The zero-order valence-electron chi connectivity index (χ0n) is 14.3. The van der Waals surface area contributed by atoms with Crippen LogP contribution in [0.15, 0.2) is 43.4 Å². The highest BCUT2D eigenvalue weighted by Crippen LogP contribution is 2.24. The summed E-state index contributed by atoms with van der Waals surface area (Å²) in [4.78, 5) is 4.50. The maximum Gasteiger partial charge on any atom is 0.116 e. The van der Waals surface area contributed by atoms with Crippen molar-refractivity contribution in [3.63, 3.8) is 0 Å². The van der Waals surface area contributed by atoms with Gasteiger partial charge < -0.3 is 0 Å². The van der Waals surface area contributed by atoms with Crippen molar-refractivity contribution in [1.29, 1.82) is 0 Å². The zero-order valence-corrected chi connectivity index (χ0v) is 14.3. The lowest BCUT2D eigenvalue weighted by molar-refractivity contribution is 0.482. The van der Waals surface area contributed by atoms with Crippen LogP contribution in [0.4, 0.5) is 0 Å². The van der Waals surface area contributed by atoms with Crippen LogP contribution in [-0.2, 0) is 6.54 Å². The Labute approximate surface area is 141 Å². The lowest BCUT2D eigenvalue weighted by atomic mass is 10.1. The largest absolute Gasteiger partial charge is 0.265 e. The molecule has 124 valence electrons. The number of pyridine rings is 1. The Morgan fingerprint density at radius 3 is 2.88 bits per heavy atom. The van der Waals surface area contributed by atoms with Gasteiger partial charge in [-0.1, -0.05) is 18.2 Å². The van der Waals surface area contributed by atoms with Crippen molar-refractivity contribution >= 4 is 0 Å². The van der Waals surface area contributed by atoms with Gasteiger partial charge in [-0.3, -0.25) is 9.67 Å². The highest BCUT2D eigenvalue weighted by molar-refractivity contribution is 5.59. The van der Waals surface area contributed by atoms with Gasteiger partial charge >= 0.3 is 0 Å². The molecule has 0 bridgehead atoms. The third-order valence-electron chi connectivity index (χ3n) is 4.18. The minimum Gasteiger partial charge on any atom is -0.265 e. The maximum absolute atomic E-state index is 4.50. The topological polar surface area (TPSA) is 61.4 Å². The quantitative estimate of drug-likeness (QED) is 0.653. The first-order chi connectivity index (χ1) is 11.6. The molecule has 0 N–H and O–H groups in total. The normalized spacial score (nSPS) is 12.3. The first kappa shape index (κ1) is 16.1. The predicted molar refractivity (Wildman–Crippen MR) is 93.6 cm³/mol. The molecule has 0 aliphatic rings. The van der Waals surface area contributed by atoms with Crippen molar-refractivity contribution in [3.8, 4) is 11.3 Å². The molecule has 6 heteroatoms. The van der Waals surface area contributed by atoms with Gasteiger partial charge in [0, 0.05) is 17.5 Å². The third kappa shape index (κ3) is 2.99. The number of aromatic nitrogens is 6. The number of nitrogens with zero attached hydrogens (tertiary/aromatic N) is 6. The molecule has 0 saturated carbocycles. The van der Waals surface area contributed by atoms with Gasteiger partial charge in [-0.2, -0.15) is 5.10 Å². The van der Waals surface area contributed by atoms with E-state index < -0.39 is 0 Å². The summed E-state index contributed by atoms with van der Waals surface area (Å²) in [6, 6.07) is 4.18. The number of hydrogen-bond donors (Lipinski definition) is 0. The Morgan fingerprint density at radius 1 is 1.33 bits per heavy atom. The van der Waals surface area contributed by atoms with Crippen LogP contribution in [0.25, 0.3) is 11.3 Å². The Balaban J connectivity index is 1.93. The van der Waals surface area contributed by atoms with E-state index in [0.29, 0.717) is 6.54 Å². The van der Waals surface area contributed by atoms with Gasteiger partial charge in [0.15, 0.2) is 0 Å². The van der Waals surface area contributed by atoms with E-state index in [0.717, 1.165) is 29.1 Å². The molecular formula is C18H22N6. The molecule has 24 heavy (non-hydrogen) atoms. The Bertz CT molecular complexity index is 845. The number of rotatable bonds is 6. The van der Waals surface area contributed by atoms with Crippen LogP contribution >= 0.6 is 0 Å². The van der Waals surface area contributed by atoms with Crippen LogP contribution in [0, 0.1) is 13.8 Å². The van der Waals surface area contributed by atoms with Gasteiger partial charge in [-0.25, -0.2) is 4.68 Å². The summed E-state index contributed by atoms with van der Waals surface area (Å²) in [5, 5.41) is 13.1. The lowest BCUT2D eigenvalue weighted by Gasteiger charge is -2.14. The molecule has 3 rings (SSSR count). The van der Waals surface area contributed by atoms with E-state index in [2.05, 4.69) is 46.9 Å². The molecule has 1 atom stereocenters. The number of hydrogen-bond acceptors (Lipinski definition) is 4. The summed E-state index contributed by atoms with van der Waals surface area (Å²) in [5.41, 5.74) is 5.08. The molecule has 0 amide bonds. The SMILES string of the molecule is C=CCn1ncc(-c2cn([C@H](CC)c3cc(C)ccn3)nn2)c1C. The highest BCUT2D eigenvalue weighted by Gasteiger charge is 2.17. The molecule has 0 saturated heterocycles. The molecule has 0 radical (unpaired) electrons. The standard InChI is InChI=1S/C18H22N6/c1-5-9-23-14(4)15(11-20-23)17-12-24(22-21-17)18(6-2)16-10-13(3)7-8-19-16/h5,7-8,10-12,18H,1,6,9H2,2-4H3/t18-/m1/s1. The second-order valence-electron chi connectivity index (χ2n) is 5.88. The van der Waals surface area contributed by atoms with Crippen LogP contribution in [0.3, 0.4) is 0 Å². The van der Waals surface area contributed by atoms with E-state index >= 15 is 0 Å². The summed E-state index contributed by atoms with van der Waals surface area (Å²) in [6.45, 7) is 10.7. The number of allylic oxidation sites excluding steroid dienone is 1. The lowest BCUT2D eigenvalue weighted by Crippen LogP contribution is -2.12. The molecule has 3 aromatic rings. The molecule has 3 heterocycles. The van der Waals surface area contributed by atoms with Crippen LogP contribution < -0.4 is 0 Å². The monoisotopic (exact) mass is 322 g/mol. The summed E-state index contributed by atoms with van der Waals surface area (Å²) >= 11 is 0. The molecule has 6 nitrogen and oxygen atoms in total. The summed E-state index contributed by atoms with van der Waals surface area (Å²) in [5.74, 6) is 0. The van der Waals surface area contributed by atoms with Gasteiger partial charge in [0.1, 0.15) is 5.69 Å². The fourth-order valence-corrected chi connectivity index (χ4v) is 2.83. The van der Waals surface area contributed by atoms with E-state index in [9.17, 15) is 0 Å². The predicted octanol–water partition coefficient (Wildman–Crippen LogP) is 3.34. The molecule has 3 aromatic heterocycles. The maximum atomic E-state index is 4.50. The second kappa shape index (κ2) is 6.78. The van der Waals surface area contributed by atoms with Crippen LogP contribution in [0.1, 0.15) is 36.3 Å². The smallest absolute Gasteiger partial charge is 0.116 e. The van der Waals surface area contributed by atoms with Crippen molar-refractivity contribution in [2.45, 2.75) is 39.8 Å². The van der Waals surface area contributed by atoms with E-state index in [1.165, 1.54) is 5.56 Å². The minimum absolute atomic E-state index is 0.0784. The second-order valence-corrected chi connectivity index (χ2v) is 5.88. The van der Waals surface area contributed by atoms with E-state index in [1.807, 2.05) is 47.0 Å². The van der Waals surface area contributed by atoms with Gasteiger partial charge in [0.05, 0.1) is 30.7 Å². The minimum atomic E-state index is 0.0784. The van der Waals surface area contributed by atoms with Crippen LogP contribution in [-0.4, -0.2) is 29.8 Å². The van der Waals surface area contributed by atoms with Crippen molar-refractivity contribution in [2.24, 2.45) is 0 Å². The fraction of sp³-hybridized carbons (Fsp3) is 0.333. The molecular weight excluding hydrogens is 300 g/mol. The molecule has 0 aliphatic carbocycles. The average Bonchev–Trinajstić information content (AvgIpc) is 3.17. The molecule has 0 aromatic carbocycles. The van der Waals surface area contributed by atoms with E-state index in [1.54, 1.807) is 0 Å². The van der Waals surface area contributed by atoms with Crippen molar-refractivity contribution < 1.29 is 0 Å². The molecule has 0 fully saturated rings. The summed E-state index contributed by atoms with van der Waals surface area (Å²) in [7, 11) is 0. The van der Waals surface area contributed by atoms with Gasteiger partial charge in [0.25, 0.3) is 0 Å². The van der Waals surface area contributed by atoms with E-state index in [-0.39, 0.29) is 6.04 Å². The van der Waals surface area contributed by atoms with Crippen molar-refractivity contribution in [1.82, 2.24) is 29.8 Å². The van der Waals surface area contributed by atoms with Gasteiger partial charge in [0.2, 0.25) is 0 Å². The van der Waals surface area contributed by atoms with Gasteiger partial charge in [-0.05, 0) is 38.0 Å². The zero-order chi connectivity index (χ0) is 17.1. The van der Waals surface area contributed by atoms with Crippen LogP contribution in [0.5, 0.6) is 0 Å².